The largest absolute Gasteiger partial charge is 0.346 e. The Bertz CT molecular complexity index is 897. The molecule has 0 radical (unpaired) electrons. The molecule has 0 spiro atoms. The molecule has 3 aliphatic rings. The summed E-state index contributed by atoms with van der Waals surface area (Å²) < 4.78 is 2.64. The molecule has 5 rings (SSSR count). The molecule has 0 bridgehead atoms. The molecular formula is C24H32N4S. The van der Waals surface area contributed by atoms with Crippen molar-refractivity contribution in [1.82, 2.24) is 14.5 Å². The van der Waals surface area contributed by atoms with Gasteiger partial charge in [0.05, 0.1) is 11.7 Å². The molecule has 1 saturated heterocycles. The molecule has 4 nitrogen and oxygen atoms in total. The number of fused-ring (bicyclic) bond motifs is 1. The Morgan fingerprint density at radius 3 is 2.69 bits per heavy atom. The van der Waals surface area contributed by atoms with Gasteiger partial charge in [-0.05, 0) is 56.9 Å². The third-order valence-electron chi connectivity index (χ3n) is 7.11. The molecular weight excluding hydrogens is 376 g/mol. The second-order valence-electron chi connectivity index (χ2n) is 8.82. The second kappa shape index (κ2) is 7.82. The van der Waals surface area contributed by atoms with Crippen LogP contribution in [0.15, 0.2) is 35.5 Å². The highest BCUT2D eigenvalue weighted by atomic mass is 32.2. The summed E-state index contributed by atoms with van der Waals surface area (Å²) in [5.41, 5.74) is 5.42. The fraction of sp³-hybridized carbons (Fsp3) is 0.583. The molecule has 2 aliphatic heterocycles. The van der Waals surface area contributed by atoms with Crippen LogP contribution in [-0.4, -0.2) is 31.4 Å². The van der Waals surface area contributed by atoms with Crippen LogP contribution < -0.4 is 0 Å². The van der Waals surface area contributed by atoms with Crippen LogP contribution in [0.1, 0.15) is 86.2 Å². The zero-order chi connectivity index (χ0) is 20.0. The highest BCUT2D eigenvalue weighted by Gasteiger charge is 2.46. The van der Waals surface area contributed by atoms with Gasteiger partial charge in [0.15, 0.2) is 5.17 Å². The number of hydrogen-bond acceptors (Lipinski definition) is 4. The topological polar surface area (TPSA) is 33.4 Å². The Morgan fingerprint density at radius 1 is 1.14 bits per heavy atom. The summed E-state index contributed by atoms with van der Waals surface area (Å²) in [5.74, 6) is 1.15. The molecule has 1 saturated carbocycles. The van der Waals surface area contributed by atoms with E-state index < -0.39 is 0 Å². The zero-order valence-electron chi connectivity index (χ0n) is 17.8. The van der Waals surface area contributed by atoms with Gasteiger partial charge in [-0.25, -0.2) is 0 Å². The number of thioether (sulfide) groups is 1. The summed E-state index contributed by atoms with van der Waals surface area (Å²) in [6.07, 6.45) is 9.85. The first-order chi connectivity index (χ1) is 14.2. The van der Waals surface area contributed by atoms with Gasteiger partial charge >= 0.3 is 0 Å². The molecule has 0 N–H and O–H groups in total. The second-order valence-corrected chi connectivity index (χ2v) is 9.81. The third-order valence-corrected chi connectivity index (χ3v) is 8.24. The van der Waals surface area contributed by atoms with Crippen LogP contribution in [0.25, 0.3) is 0 Å². The molecule has 2 aromatic heterocycles. The minimum atomic E-state index is 0.0911. The first kappa shape index (κ1) is 19.2. The number of rotatable bonds is 4. The molecule has 4 heterocycles. The predicted octanol–water partition coefficient (Wildman–Crippen LogP) is 5.98. The number of pyridine rings is 1. The van der Waals surface area contributed by atoms with Gasteiger partial charge in [0.25, 0.3) is 0 Å². The van der Waals surface area contributed by atoms with Gasteiger partial charge in [-0.1, -0.05) is 44.0 Å². The summed E-state index contributed by atoms with van der Waals surface area (Å²) >= 11 is 1.93. The van der Waals surface area contributed by atoms with Crippen LogP contribution >= 0.6 is 11.8 Å². The van der Waals surface area contributed by atoms with Gasteiger partial charge < -0.3 is 9.47 Å². The van der Waals surface area contributed by atoms with Crippen molar-refractivity contribution < 1.29 is 0 Å². The van der Waals surface area contributed by atoms with Crippen molar-refractivity contribution in [2.24, 2.45) is 4.99 Å². The van der Waals surface area contributed by atoms with E-state index in [-0.39, 0.29) is 12.1 Å². The van der Waals surface area contributed by atoms with Crippen molar-refractivity contribution >= 4 is 16.9 Å². The maximum atomic E-state index is 5.20. The fourth-order valence-corrected chi connectivity index (χ4v) is 7.03. The highest BCUT2D eigenvalue weighted by Crippen LogP contribution is 2.50. The van der Waals surface area contributed by atoms with Crippen molar-refractivity contribution in [1.29, 1.82) is 0 Å². The van der Waals surface area contributed by atoms with Gasteiger partial charge in [-0.2, -0.15) is 0 Å². The molecule has 154 valence electrons. The van der Waals surface area contributed by atoms with E-state index >= 15 is 0 Å². The van der Waals surface area contributed by atoms with E-state index in [9.17, 15) is 0 Å². The Labute approximate surface area is 178 Å². The van der Waals surface area contributed by atoms with Gasteiger partial charge in [-0.3, -0.25) is 9.98 Å². The van der Waals surface area contributed by atoms with Crippen molar-refractivity contribution in [3.8, 4) is 0 Å². The standard InChI is InChI=1S/C24H32N4S/c1-4-18-15-29-24-26-22(21-12-8-9-13-25-21)23(28(18)24)20-14-16(2)27(17(20)3)19-10-6-5-7-11-19/h8-9,12-14,18-19,22-23H,4-7,10-11,15H2,1-3H3/t18-,22+,23+/m0/s1. The number of hydrogen-bond donors (Lipinski definition) is 0. The number of aromatic nitrogens is 2. The SMILES string of the molecule is CC[C@H]1CSC2=N[C@H](c3ccccn3)[C@@H](c3cc(C)n(C4CCCCC4)c3C)N21. The molecule has 0 aromatic carbocycles. The van der Waals surface area contributed by atoms with Crippen LogP contribution in [0.2, 0.25) is 0 Å². The van der Waals surface area contributed by atoms with Crippen LogP contribution in [-0.2, 0) is 0 Å². The van der Waals surface area contributed by atoms with Crippen molar-refractivity contribution in [2.75, 3.05) is 5.75 Å². The summed E-state index contributed by atoms with van der Waals surface area (Å²) in [4.78, 5) is 12.5. The van der Waals surface area contributed by atoms with E-state index in [4.69, 9.17) is 9.98 Å². The highest BCUT2D eigenvalue weighted by molar-refractivity contribution is 8.14. The molecule has 2 aromatic rings. The van der Waals surface area contributed by atoms with E-state index in [2.05, 4.69) is 48.4 Å². The van der Waals surface area contributed by atoms with Crippen molar-refractivity contribution in [2.45, 2.75) is 83.5 Å². The Hall–Kier alpha value is -1.75. The minimum absolute atomic E-state index is 0.0911. The molecule has 29 heavy (non-hydrogen) atoms. The maximum Gasteiger partial charge on any atom is 0.160 e. The monoisotopic (exact) mass is 408 g/mol. The Balaban J connectivity index is 1.58. The summed E-state index contributed by atoms with van der Waals surface area (Å²) in [7, 11) is 0. The first-order valence-electron chi connectivity index (χ1n) is 11.3. The fourth-order valence-electron chi connectivity index (χ4n) is 5.69. The van der Waals surface area contributed by atoms with E-state index in [1.54, 1.807) is 0 Å². The van der Waals surface area contributed by atoms with E-state index in [1.165, 1.54) is 60.6 Å². The van der Waals surface area contributed by atoms with Crippen molar-refractivity contribution in [3.05, 3.63) is 53.1 Å². The average Bonchev–Trinajstić information content (AvgIpc) is 3.40. The minimum Gasteiger partial charge on any atom is -0.346 e. The van der Waals surface area contributed by atoms with Gasteiger partial charge in [-0.15, -0.1) is 0 Å². The molecule has 2 fully saturated rings. The predicted molar refractivity (Wildman–Crippen MR) is 122 cm³/mol. The maximum absolute atomic E-state index is 5.20. The number of aliphatic imine (C=N–C) groups is 1. The molecule has 5 heteroatoms. The lowest BCUT2D eigenvalue weighted by atomic mass is 9.94. The lowest BCUT2D eigenvalue weighted by molar-refractivity contribution is 0.253. The lowest BCUT2D eigenvalue weighted by Gasteiger charge is -2.32. The van der Waals surface area contributed by atoms with E-state index in [0.717, 1.165) is 11.4 Å². The number of aryl methyl sites for hydroxylation is 1. The van der Waals surface area contributed by atoms with Crippen LogP contribution in [0, 0.1) is 13.8 Å². The summed E-state index contributed by atoms with van der Waals surface area (Å²) in [6, 6.07) is 10.3. The molecule has 3 atom stereocenters. The number of amidine groups is 1. The van der Waals surface area contributed by atoms with Crippen molar-refractivity contribution in [3.63, 3.8) is 0 Å². The van der Waals surface area contributed by atoms with E-state index in [0.29, 0.717) is 12.1 Å². The molecule has 0 amide bonds. The molecule has 0 unspecified atom stereocenters. The summed E-state index contributed by atoms with van der Waals surface area (Å²) in [5, 5.41) is 1.22. The smallest absolute Gasteiger partial charge is 0.160 e. The lowest BCUT2D eigenvalue weighted by Crippen LogP contribution is -2.35. The summed E-state index contributed by atoms with van der Waals surface area (Å²) in [6.45, 7) is 6.95. The van der Waals surface area contributed by atoms with Gasteiger partial charge in [0.2, 0.25) is 0 Å². The normalized spacial score (nSPS) is 27.3. The quantitative estimate of drug-likeness (QED) is 0.623. The first-order valence-corrected chi connectivity index (χ1v) is 12.3. The third kappa shape index (κ3) is 3.22. The zero-order valence-corrected chi connectivity index (χ0v) is 18.7. The van der Waals surface area contributed by atoms with Crippen LogP contribution in [0.3, 0.4) is 0 Å². The Kier molecular flexibility index (Phi) is 5.19. The average molecular weight is 409 g/mol. The van der Waals surface area contributed by atoms with Crippen LogP contribution in [0.5, 0.6) is 0 Å². The van der Waals surface area contributed by atoms with E-state index in [1.807, 2.05) is 24.0 Å². The number of nitrogens with zero attached hydrogens (tertiary/aromatic N) is 4. The van der Waals surface area contributed by atoms with Gasteiger partial charge in [0.1, 0.15) is 6.04 Å². The molecule has 1 aliphatic carbocycles. The van der Waals surface area contributed by atoms with Gasteiger partial charge in [0, 0.05) is 35.4 Å². The van der Waals surface area contributed by atoms with Crippen LogP contribution in [0.4, 0.5) is 0 Å². The Morgan fingerprint density at radius 2 is 1.97 bits per heavy atom.